The summed E-state index contributed by atoms with van der Waals surface area (Å²) in [4.78, 5) is 14.3. The number of hydrogen-bond donors (Lipinski definition) is 2. The number of hydrogen-bond acceptors (Lipinski definition) is 3. The van der Waals surface area contributed by atoms with Gasteiger partial charge in [0.15, 0.2) is 0 Å². The van der Waals surface area contributed by atoms with E-state index in [-0.39, 0.29) is 23.7 Å². The van der Waals surface area contributed by atoms with E-state index in [9.17, 15) is 13.2 Å². The molecule has 2 fully saturated rings. The Morgan fingerprint density at radius 2 is 1.96 bits per heavy atom. The van der Waals surface area contributed by atoms with E-state index in [2.05, 4.69) is 29.6 Å². The Balaban J connectivity index is 1.29. The van der Waals surface area contributed by atoms with E-state index in [1.54, 1.807) is 4.90 Å². The summed E-state index contributed by atoms with van der Waals surface area (Å²) in [6.07, 6.45) is 2.45. The Morgan fingerprint density at radius 1 is 1.25 bits per heavy atom. The average molecular weight is 349 g/mol. The number of nitrogens with one attached hydrogen (secondary N) is 1. The van der Waals surface area contributed by atoms with E-state index < -0.39 is 10.0 Å². The van der Waals surface area contributed by atoms with Crippen molar-refractivity contribution in [3.05, 3.63) is 35.4 Å². The third-order valence-corrected chi connectivity index (χ3v) is 6.63. The molecule has 6 nitrogen and oxygen atoms in total. The number of fused-ring (bicyclic) bond motifs is 3. The molecule has 24 heavy (non-hydrogen) atoms. The van der Waals surface area contributed by atoms with E-state index >= 15 is 0 Å². The number of urea groups is 1. The maximum atomic E-state index is 12.5. The van der Waals surface area contributed by atoms with Crippen LogP contribution in [0.2, 0.25) is 0 Å². The lowest BCUT2D eigenvalue weighted by Gasteiger charge is -2.31. The molecule has 1 aromatic carbocycles. The van der Waals surface area contributed by atoms with Gasteiger partial charge in [-0.1, -0.05) is 24.3 Å². The minimum atomic E-state index is -3.43. The van der Waals surface area contributed by atoms with Crippen molar-refractivity contribution in [2.45, 2.75) is 31.2 Å². The molecule has 1 aliphatic heterocycles. The highest BCUT2D eigenvalue weighted by Crippen LogP contribution is 2.56. The summed E-state index contributed by atoms with van der Waals surface area (Å²) in [5, 5.41) is 8.28. The molecular formula is C17H23N3O3S. The van der Waals surface area contributed by atoms with Crippen molar-refractivity contribution in [1.29, 1.82) is 0 Å². The summed E-state index contributed by atoms with van der Waals surface area (Å²) < 4.78 is 22.3. The van der Waals surface area contributed by atoms with Crippen molar-refractivity contribution in [3.8, 4) is 0 Å². The lowest BCUT2D eigenvalue weighted by molar-refractivity contribution is 0.173. The quantitative estimate of drug-likeness (QED) is 0.854. The van der Waals surface area contributed by atoms with Crippen molar-refractivity contribution in [2.75, 3.05) is 18.8 Å². The van der Waals surface area contributed by atoms with E-state index in [4.69, 9.17) is 5.14 Å². The standard InChI is InChI=1S/C17H23N3O3S/c18-24(22,23)10-11-5-7-20(8-6-11)17(21)19-16-14-9-12-3-1-2-4-13(12)15(14)16/h1-4,11,14-16H,5-10H2,(H,19,21)(H2,18,22,23)/t14-,15-,16+/m0/s1. The van der Waals surface area contributed by atoms with E-state index in [1.165, 1.54) is 11.1 Å². The van der Waals surface area contributed by atoms with Crippen LogP contribution in [0.5, 0.6) is 0 Å². The molecule has 2 aliphatic carbocycles. The van der Waals surface area contributed by atoms with Crippen molar-refractivity contribution in [2.24, 2.45) is 17.0 Å². The molecule has 3 atom stereocenters. The SMILES string of the molecule is NS(=O)(=O)CC1CCN(C(=O)N[C@@H]2[C@H]3Cc4ccccc4[C@@H]32)CC1. The first kappa shape index (κ1) is 15.9. The van der Waals surface area contributed by atoms with Crippen LogP contribution in [0.15, 0.2) is 24.3 Å². The fourth-order valence-electron chi connectivity index (χ4n) is 4.41. The molecule has 1 saturated carbocycles. The number of benzene rings is 1. The highest BCUT2D eigenvalue weighted by Gasteiger charge is 2.56. The normalized spacial score (nSPS) is 29.0. The Hall–Kier alpha value is -1.60. The van der Waals surface area contributed by atoms with Gasteiger partial charge in [0.1, 0.15) is 0 Å². The van der Waals surface area contributed by atoms with Gasteiger partial charge in [-0.2, -0.15) is 0 Å². The fraction of sp³-hybridized carbons (Fsp3) is 0.588. The molecule has 130 valence electrons. The zero-order chi connectivity index (χ0) is 16.9. The number of nitrogens with two attached hydrogens (primary N) is 1. The number of nitrogens with zero attached hydrogens (tertiary/aromatic N) is 1. The van der Waals surface area contributed by atoms with Gasteiger partial charge in [-0.15, -0.1) is 0 Å². The molecule has 1 aromatic rings. The first-order valence-electron chi connectivity index (χ1n) is 8.56. The Bertz CT molecular complexity index is 756. The van der Waals surface area contributed by atoms with Crippen molar-refractivity contribution >= 4 is 16.1 Å². The van der Waals surface area contributed by atoms with E-state index in [0.717, 1.165) is 6.42 Å². The minimum Gasteiger partial charge on any atom is -0.334 e. The lowest BCUT2D eigenvalue weighted by atomic mass is 9.99. The van der Waals surface area contributed by atoms with Gasteiger partial charge in [0.25, 0.3) is 0 Å². The molecule has 0 bridgehead atoms. The van der Waals surface area contributed by atoms with Crippen LogP contribution in [-0.4, -0.2) is 44.2 Å². The predicted octanol–water partition coefficient (Wildman–Crippen LogP) is 1.03. The third kappa shape index (κ3) is 3.02. The molecule has 1 heterocycles. The molecular weight excluding hydrogens is 326 g/mol. The second kappa shape index (κ2) is 5.74. The van der Waals surface area contributed by atoms with Crippen LogP contribution in [0.1, 0.15) is 29.9 Å². The van der Waals surface area contributed by atoms with Crippen LogP contribution in [0, 0.1) is 11.8 Å². The fourth-order valence-corrected chi connectivity index (χ4v) is 5.40. The van der Waals surface area contributed by atoms with Gasteiger partial charge in [-0.3, -0.25) is 0 Å². The van der Waals surface area contributed by atoms with Gasteiger partial charge in [-0.05, 0) is 42.2 Å². The molecule has 1 saturated heterocycles. The number of sulfonamides is 1. The van der Waals surface area contributed by atoms with Crippen molar-refractivity contribution in [1.82, 2.24) is 10.2 Å². The van der Waals surface area contributed by atoms with Gasteiger partial charge in [0.2, 0.25) is 10.0 Å². The van der Waals surface area contributed by atoms with Gasteiger partial charge in [0.05, 0.1) is 5.75 Å². The topological polar surface area (TPSA) is 92.5 Å². The highest BCUT2D eigenvalue weighted by atomic mass is 32.2. The summed E-state index contributed by atoms with van der Waals surface area (Å²) in [6.45, 7) is 1.20. The molecule has 3 N–H and O–H groups in total. The second-order valence-corrected chi connectivity index (χ2v) is 8.99. The smallest absolute Gasteiger partial charge is 0.317 e. The number of likely N-dealkylation sites (tertiary alicyclic amines) is 1. The van der Waals surface area contributed by atoms with Gasteiger partial charge >= 0.3 is 6.03 Å². The zero-order valence-corrected chi connectivity index (χ0v) is 14.3. The molecule has 0 aromatic heterocycles. The van der Waals surface area contributed by atoms with Crippen LogP contribution in [-0.2, 0) is 16.4 Å². The predicted molar refractivity (Wildman–Crippen MR) is 91.0 cm³/mol. The Labute approximate surface area is 142 Å². The Kier molecular flexibility index (Phi) is 3.80. The summed E-state index contributed by atoms with van der Waals surface area (Å²) in [7, 11) is -3.43. The third-order valence-electron chi connectivity index (χ3n) is 5.70. The highest BCUT2D eigenvalue weighted by molar-refractivity contribution is 7.89. The zero-order valence-electron chi connectivity index (χ0n) is 13.5. The number of rotatable bonds is 3. The molecule has 0 unspecified atom stereocenters. The van der Waals surface area contributed by atoms with Crippen LogP contribution in [0.25, 0.3) is 0 Å². The lowest BCUT2D eigenvalue weighted by Crippen LogP contribution is -2.46. The van der Waals surface area contributed by atoms with Crippen molar-refractivity contribution in [3.63, 3.8) is 0 Å². The summed E-state index contributed by atoms with van der Waals surface area (Å²) in [5.41, 5.74) is 2.81. The van der Waals surface area contributed by atoms with Gasteiger partial charge in [-0.25, -0.2) is 18.4 Å². The maximum absolute atomic E-state index is 12.5. The van der Waals surface area contributed by atoms with Crippen LogP contribution in [0.4, 0.5) is 4.79 Å². The van der Waals surface area contributed by atoms with Crippen LogP contribution >= 0.6 is 0 Å². The first-order valence-corrected chi connectivity index (χ1v) is 10.3. The van der Waals surface area contributed by atoms with Crippen LogP contribution in [0.3, 0.4) is 0 Å². The van der Waals surface area contributed by atoms with Crippen molar-refractivity contribution < 1.29 is 13.2 Å². The first-order chi connectivity index (χ1) is 11.4. The molecule has 4 rings (SSSR count). The number of carbonyl (C=O) groups is 1. The van der Waals surface area contributed by atoms with Gasteiger partial charge in [0, 0.05) is 25.0 Å². The molecule has 2 amide bonds. The molecule has 3 aliphatic rings. The largest absolute Gasteiger partial charge is 0.334 e. The minimum absolute atomic E-state index is 0.0130. The number of primary sulfonamides is 1. The van der Waals surface area contributed by atoms with E-state index in [1.807, 2.05) is 0 Å². The summed E-state index contributed by atoms with van der Waals surface area (Å²) >= 11 is 0. The summed E-state index contributed by atoms with van der Waals surface area (Å²) in [5.74, 6) is 1.11. The van der Waals surface area contributed by atoms with E-state index in [0.29, 0.717) is 37.8 Å². The monoisotopic (exact) mass is 349 g/mol. The molecule has 7 heteroatoms. The number of amides is 2. The van der Waals surface area contributed by atoms with Crippen LogP contribution < -0.4 is 10.5 Å². The summed E-state index contributed by atoms with van der Waals surface area (Å²) in [6, 6.07) is 8.73. The maximum Gasteiger partial charge on any atom is 0.317 e. The number of piperidine rings is 1. The molecule has 0 spiro atoms. The second-order valence-electron chi connectivity index (χ2n) is 7.33. The molecule has 0 radical (unpaired) electrons. The van der Waals surface area contributed by atoms with Gasteiger partial charge < -0.3 is 10.2 Å². The Morgan fingerprint density at radius 3 is 2.67 bits per heavy atom. The number of carbonyl (C=O) groups excluding carboxylic acids is 1. The average Bonchev–Trinajstić information content (AvgIpc) is 3.03.